The van der Waals surface area contributed by atoms with Gasteiger partial charge < -0.3 is 10.1 Å². The van der Waals surface area contributed by atoms with E-state index in [2.05, 4.69) is 28.2 Å². The second kappa shape index (κ2) is 8.22. The highest BCUT2D eigenvalue weighted by Crippen LogP contribution is 2.12. The molecule has 1 aromatic rings. The van der Waals surface area contributed by atoms with E-state index in [1.807, 2.05) is 12.1 Å². The molecule has 2 heterocycles. The maximum Gasteiger partial charge on any atom is 0.213 e. The van der Waals surface area contributed by atoms with Gasteiger partial charge >= 0.3 is 0 Å². The van der Waals surface area contributed by atoms with Crippen molar-refractivity contribution in [3.63, 3.8) is 0 Å². The van der Waals surface area contributed by atoms with Crippen molar-refractivity contribution in [3.8, 4) is 5.88 Å². The lowest BCUT2D eigenvalue weighted by Gasteiger charge is -2.25. The zero-order valence-corrected chi connectivity index (χ0v) is 12.8. The van der Waals surface area contributed by atoms with E-state index in [9.17, 15) is 0 Å². The monoisotopic (exact) mass is 277 g/mol. The summed E-state index contributed by atoms with van der Waals surface area (Å²) in [6.45, 7) is 6.60. The van der Waals surface area contributed by atoms with Crippen molar-refractivity contribution in [3.05, 3.63) is 23.9 Å². The van der Waals surface area contributed by atoms with E-state index in [0.717, 1.165) is 25.3 Å². The SMILES string of the molecule is CCCCN(Cc1cccc(OC)n1)CC1CCCN1. The van der Waals surface area contributed by atoms with Crippen molar-refractivity contribution >= 4 is 0 Å². The van der Waals surface area contributed by atoms with Crippen LogP contribution in [-0.4, -0.2) is 42.7 Å². The molecule has 0 radical (unpaired) electrons. The third kappa shape index (κ3) is 4.76. The maximum absolute atomic E-state index is 5.21. The predicted octanol–water partition coefficient (Wildman–Crippen LogP) is 2.44. The van der Waals surface area contributed by atoms with Crippen LogP contribution in [0.5, 0.6) is 5.88 Å². The van der Waals surface area contributed by atoms with Gasteiger partial charge in [-0.3, -0.25) is 4.90 Å². The van der Waals surface area contributed by atoms with Crippen LogP contribution in [0.2, 0.25) is 0 Å². The molecule has 1 aliphatic heterocycles. The Morgan fingerprint density at radius 3 is 3.05 bits per heavy atom. The molecule has 1 saturated heterocycles. The molecule has 0 bridgehead atoms. The van der Waals surface area contributed by atoms with Crippen molar-refractivity contribution in [1.29, 1.82) is 0 Å². The quantitative estimate of drug-likeness (QED) is 0.792. The summed E-state index contributed by atoms with van der Waals surface area (Å²) >= 11 is 0. The molecule has 1 aromatic heterocycles. The fourth-order valence-corrected chi connectivity index (χ4v) is 2.73. The van der Waals surface area contributed by atoms with Crippen LogP contribution in [0, 0.1) is 0 Å². The number of nitrogens with zero attached hydrogens (tertiary/aromatic N) is 2. The lowest BCUT2D eigenvalue weighted by molar-refractivity contribution is 0.234. The predicted molar refractivity (Wildman–Crippen MR) is 82.0 cm³/mol. The first-order chi connectivity index (χ1) is 9.81. The summed E-state index contributed by atoms with van der Waals surface area (Å²) < 4.78 is 5.21. The van der Waals surface area contributed by atoms with Crippen molar-refractivity contribution in [1.82, 2.24) is 15.2 Å². The van der Waals surface area contributed by atoms with Crippen molar-refractivity contribution in [2.45, 2.75) is 45.2 Å². The van der Waals surface area contributed by atoms with Gasteiger partial charge in [-0.1, -0.05) is 19.4 Å². The van der Waals surface area contributed by atoms with Crippen molar-refractivity contribution in [2.24, 2.45) is 0 Å². The average molecular weight is 277 g/mol. The first kappa shape index (κ1) is 15.3. The van der Waals surface area contributed by atoms with Gasteiger partial charge in [0.1, 0.15) is 0 Å². The number of nitrogens with one attached hydrogen (secondary N) is 1. The van der Waals surface area contributed by atoms with Gasteiger partial charge in [0.2, 0.25) is 5.88 Å². The first-order valence-corrected chi connectivity index (χ1v) is 7.77. The fourth-order valence-electron chi connectivity index (χ4n) is 2.73. The molecule has 4 nitrogen and oxygen atoms in total. The molecule has 20 heavy (non-hydrogen) atoms. The molecule has 112 valence electrons. The zero-order chi connectivity index (χ0) is 14.2. The molecule has 0 amide bonds. The lowest BCUT2D eigenvalue weighted by Crippen LogP contribution is -2.37. The Kier molecular flexibility index (Phi) is 6.27. The molecule has 1 unspecified atom stereocenters. The highest BCUT2D eigenvalue weighted by Gasteiger charge is 2.18. The van der Waals surface area contributed by atoms with E-state index in [4.69, 9.17) is 4.74 Å². The third-order valence-corrected chi connectivity index (χ3v) is 3.84. The maximum atomic E-state index is 5.21. The Labute approximate surface area is 122 Å². The van der Waals surface area contributed by atoms with E-state index >= 15 is 0 Å². The lowest BCUT2D eigenvalue weighted by atomic mass is 10.2. The Morgan fingerprint density at radius 1 is 1.45 bits per heavy atom. The molecule has 1 fully saturated rings. The molecule has 0 aromatic carbocycles. The number of aromatic nitrogens is 1. The minimum Gasteiger partial charge on any atom is -0.481 e. The van der Waals surface area contributed by atoms with Gasteiger partial charge in [-0.15, -0.1) is 0 Å². The summed E-state index contributed by atoms with van der Waals surface area (Å²) in [6.07, 6.45) is 5.09. The van der Waals surface area contributed by atoms with Gasteiger partial charge in [0, 0.05) is 25.2 Å². The summed E-state index contributed by atoms with van der Waals surface area (Å²) in [5.41, 5.74) is 1.10. The van der Waals surface area contributed by atoms with Crippen molar-refractivity contribution < 1.29 is 4.74 Å². The van der Waals surface area contributed by atoms with E-state index in [1.54, 1.807) is 7.11 Å². The Morgan fingerprint density at radius 2 is 2.35 bits per heavy atom. The molecule has 0 saturated carbocycles. The van der Waals surface area contributed by atoms with Crippen LogP contribution in [0.4, 0.5) is 0 Å². The second-order valence-corrected chi connectivity index (χ2v) is 5.55. The van der Waals surface area contributed by atoms with Crippen LogP contribution in [0.1, 0.15) is 38.3 Å². The Hall–Kier alpha value is -1.13. The summed E-state index contributed by atoms with van der Waals surface area (Å²) in [5, 5.41) is 3.59. The van der Waals surface area contributed by atoms with E-state index in [-0.39, 0.29) is 0 Å². The normalized spacial score (nSPS) is 18.6. The highest BCUT2D eigenvalue weighted by atomic mass is 16.5. The Bertz CT molecular complexity index is 391. The third-order valence-electron chi connectivity index (χ3n) is 3.84. The van der Waals surface area contributed by atoms with Crippen LogP contribution in [-0.2, 0) is 6.54 Å². The molecule has 4 heteroatoms. The number of pyridine rings is 1. The summed E-state index contributed by atoms with van der Waals surface area (Å²) in [7, 11) is 1.67. The summed E-state index contributed by atoms with van der Waals surface area (Å²) in [6, 6.07) is 6.66. The molecular weight excluding hydrogens is 250 g/mol. The van der Waals surface area contributed by atoms with Gasteiger partial charge in [0.25, 0.3) is 0 Å². The van der Waals surface area contributed by atoms with Crippen LogP contribution in [0.25, 0.3) is 0 Å². The molecular formula is C16H27N3O. The fraction of sp³-hybridized carbons (Fsp3) is 0.688. The van der Waals surface area contributed by atoms with E-state index < -0.39 is 0 Å². The highest BCUT2D eigenvalue weighted by molar-refractivity contribution is 5.15. The van der Waals surface area contributed by atoms with Gasteiger partial charge in [0.15, 0.2) is 0 Å². The van der Waals surface area contributed by atoms with Gasteiger partial charge in [-0.25, -0.2) is 4.98 Å². The first-order valence-electron chi connectivity index (χ1n) is 7.77. The Balaban J connectivity index is 1.94. The molecule has 1 atom stereocenters. The average Bonchev–Trinajstić information content (AvgIpc) is 2.98. The van der Waals surface area contributed by atoms with Gasteiger partial charge in [0.05, 0.1) is 12.8 Å². The van der Waals surface area contributed by atoms with E-state index in [1.165, 1.54) is 32.2 Å². The van der Waals surface area contributed by atoms with Crippen molar-refractivity contribution in [2.75, 3.05) is 26.7 Å². The smallest absolute Gasteiger partial charge is 0.213 e. The standard InChI is InChI=1S/C16H27N3O/c1-3-4-11-19(12-14-8-6-10-17-14)13-15-7-5-9-16(18-15)20-2/h5,7,9,14,17H,3-4,6,8,10-13H2,1-2H3. The number of methoxy groups -OCH3 is 1. The molecule has 1 N–H and O–H groups in total. The number of unbranched alkanes of at least 4 members (excludes halogenated alkanes) is 1. The summed E-state index contributed by atoms with van der Waals surface area (Å²) in [4.78, 5) is 7.05. The second-order valence-electron chi connectivity index (χ2n) is 5.55. The van der Waals surface area contributed by atoms with E-state index in [0.29, 0.717) is 11.9 Å². The topological polar surface area (TPSA) is 37.4 Å². The number of rotatable bonds is 8. The molecule has 2 rings (SSSR count). The zero-order valence-electron chi connectivity index (χ0n) is 12.8. The van der Waals surface area contributed by atoms with Crippen LogP contribution >= 0.6 is 0 Å². The van der Waals surface area contributed by atoms with Crippen LogP contribution in [0.15, 0.2) is 18.2 Å². The number of hydrogen-bond donors (Lipinski definition) is 1. The molecule has 0 spiro atoms. The molecule has 1 aliphatic rings. The minimum atomic E-state index is 0.650. The van der Waals surface area contributed by atoms with Crippen LogP contribution in [0.3, 0.4) is 0 Å². The largest absolute Gasteiger partial charge is 0.481 e. The summed E-state index contributed by atoms with van der Waals surface area (Å²) in [5.74, 6) is 0.705. The number of ether oxygens (including phenoxy) is 1. The minimum absolute atomic E-state index is 0.650. The van der Waals surface area contributed by atoms with Crippen LogP contribution < -0.4 is 10.1 Å². The van der Waals surface area contributed by atoms with Gasteiger partial charge in [-0.2, -0.15) is 0 Å². The van der Waals surface area contributed by atoms with Gasteiger partial charge in [-0.05, 0) is 38.4 Å². The molecule has 0 aliphatic carbocycles. The number of hydrogen-bond acceptors (Lipinski definition) is 4.